The van der Waals surface area contributed by atoms with Crippen LogP contribution in [0.25, 0.3) is 0 Å². The average Bonchev–Trinajstić information content (AvgIpc) is 2.77. The van der Waals surface area contributed by atoms with Crippen molar-refractivity contribution in [1.29, 1.82) is 0 Å². The third kappa shape index (κ3) is 1.24. The van der Waals surface area contributed by atoms with Crippen molar-refractivity contribution in [2.24, 2.45) is 0 Å². The Kier molecular flexibility index (Phi) is 1.97. The van der Waals surface area contributed by atoms with E-state index >= 15 is 0 Å². The maximum atomic E-state index is 12.6. The highest BCUT2D eigenvalue weighted by molar-refractivity contribution is 6.15. The first-order valence-corrected chi connectivity index (χ1v) is 6.32. The first-order valence-electron chi connectivity index (χ1n) is 6.32. The van der Waals surface area contributed by atoms with Gasteiger partial charge in [0.15, 0.2) is 5.78 Å². The molecule has 18 heavy (non-hydrogen) atoms. The zero-order valence-corrected chi connectivity index (χ0v) is 9.89. The summed E-state index contributed by atoms with van der Waals surface area (Å²) in [5.41, 5.74) is 4.11. The van der Waals surface area contributed by atoms with Crippen molar-refractivity contribution in [2.75, 3.05) is 0 Å². The molecule has 0 saturated heterocycles. The molecular formula is C16H13NO. The maximum Gasteiger partial charge on any atom is 0.191 e. The Morgan fingerprint density at radius 2 is 2.11 bits per heavy atom. The molecule has 3 aliphatic carbocycles. The van der Waals surface area contributed by atoms with Crippen molar-refractivity contribution in [2.45, 2.75) is 18.5 Å². The number of nitrogens with one attached hydrogen (secondary N) is 1. The van der Waals surface area contributed by atoms with Gasteiger partial charge in [0, 0.05) is 11.1 Å². The van der Waals surface area contributed by atoms with E-state index in [1.165, 1.54) is 0 Å². The molecule has 0 aromatic rings. The third-order valence-electron chi connectivity index (χ3n) is 3.95. The highest BCUT2D eigenvalue weighted by Crippen LogP contribution is 2.37. The summed E-state index contributed by atoms with van der Waals surface area (Å²) in [7, 11) is 0. The van der Waals surface area contributed by atoms with E-state index in [0.717, 1.165) is 28.7 Å². The molecule has 0 spiro atoms. The predicted molar refractivity (Wildman–Crippen MR) is 70.9 cm³/mol. The summed E-state index contributed by atoms with van der Waals surface area (Å²) < 4.78 is 0. The number of ketones is 1. The second kappa shape index (κ2) is 3.53. The van der Waals surface area contributed by atoms with Crippen molar-refractivity contribution < 1.29 is 4.79 Å². The average molecular weight is 235 g/mol. The number of Topliss-reactive ketones (excluding diaryl/α,β-unsaturated/α-hetero) is 1. The van der Waals surface area contributed by atoms with Gasteiger partial charge in [-0.05, 0) is 17.6 Å². The first kappa shape index (κ1) is 10.0. The van der Waals surface area contributed by atoms with Crippen LogP contribution in [-0.2, 0) is 4.79 Å². The number of rotatable bonds is 0. The third-order valence-corrected chi connectivity index (χ3v) is 3.95. The molecule has 4 aliphatic rings. The van der Waals surface area contributed by atoms with Crippen LogP contribution in [0.4, 0.5) is 0 Å². The quantitative estimate of drug-likeness (QED) is 0.697. The van der Waals surface area contributed by atoms with Gasteiger partial charge in [0.1, 0.15) is 0 Å². The smallest absolute Gasteiger partial charge is 0.191 e. The molecule has 1 heterocycles. The van der Waals surface area contributed by atoms with Gasteiger partial charge in [-0.15, -0.1) is 0 Å². The topological polar surface area (TPSA) is 29.1 Å². The lowest BCUT2D eigenvalue weighted by molar-refractivity contribution is -0.112. The van der Waals surface area contributed by atoms with Crippen LogP contribution in [0, 0.1) is 0 Å². The van der Waals surface area contributed by atoms with E-state index in [-0.39, 0.29) is 17.9 Å². The SMILES string of the molecule is O=C1C2=CC=CCC2=CC2NC3C=CC=CC3=C12. The minimum Gasteiger partial charge on any atom is -0.296 e. The largest absolute Gasteiger partial charge is 0.296 e. The number of carbonyl (C=O) groups is 1. The molecule has 2 nitrogen and oxygen atoms in total. The van der Waals surface area contributed by atoms with E-state index in [4.69, 9.17) is 0 Å². The fourth-order valence-corrected chi connectivity index (χ4v) is 3.11. The summed E-state index contributed by atoms with van der Waals surface area (Å²) in [5.74, 6) is 0.201. The molecule has 0 radical (unpaired) electrons. The Balaban J connectivity index is 1.90. The van der Waals surface area contributed by atoms with Crippen LogP contribution in [0.1, 0.15) is 6.42 Å². The molecule has 0 fully saturated rings. The molecule has 2 atom stereocenters. The van der Waals surface area contributed by atoms with E-state index in [1.54, 1.807) is 0 Å². The number of fused-ring (bicyclic) bond motifs is 3. The normalized spacial score (nSPS) is 31.9. The van der Waals surface area contributed by atoms with Crippen molar-refractivity contribution in [3.8, 4) is 0 Å². The van der Waals surface area contributed by atoms with Gasteiger partial charge in [0.05, 0.1) is 12.1 Å². The van der Waals surface area contributed by atoms with Gasteiger partial charge in [-0.3, -0.25) is 10.1 Å². The summed E-state index contributed by atoms with van der Waals surface area (Å²) in [6.07, 6.45) is 17.3. The Morgan fingerprint density at radius 3 is 3.06 bits per heavy atom. The molecule has 0 aromatic heterocycles. The van der Waals surface area contributed by atoms with Crippen LogP contribution >= 0.6 is 0 Å². The van der Waals surface area contributed by atoms with Crippen molar-refractivity contribution >= 4 is 5.78 Å². The second-order valence-corrected chi connectivity index (χ2v) is 4.97. The lowest BCUT2D eigenvalue weighted by Crippen LogP contribution is -2.34. The molecule has 0 aromatic carbocycles. The summed E-state index contributed by atoms with van der Waals surface area (Å²) in [4.78, 5) is 12.6. The van der Waals surface area contributed by atoms with E-state index in [1.807, 2.05) is 24.3 Å². The molecule has 0 saturated carbocycles. The van der Waals surface area contributed by atoms with Crippen molar-refractivity contribution in [3.05, 3.63) is 70.9 Å². The number of carbonyl (C=O) groups excluding carboxylic acids is 1. The fraction of sp³-hybridized carbons (Fsp3) is 0.188. The van der Waals surface area contributed by atoms with Gasteiger partial charge in [-0.2, -0.15) is 0 Å². The number of hydrogen-bond acceptors (Lipinski definition) is 2. The first-order chi connectivity index (χ1) is 8.84. The second-order valence-electron chi connectivity index (χ2n) is 4.97. The number of allylic oxidation sites excluding steroid dienone is 7. The highest BCUT2D eigenvalue weighted by Gasteiger charge is 2.38. The number of hydrogen-bond donors (Lipinski definition) is 1. The molecule has 88 valence electrons. The minimum atomic E-state index is 0.0866. The molecule has 2 heteroatoms. The van der Waals surface area contributed by atoms with Crippen LogP contribution in [0.15, 0.2) is 70.9 Å². The zero-order chi connectivity index (χ0) is 12.1. The van der Waals surface area contributed by atoms with E-state index in [9.17, 15) is 4.79 Å². The maximum absolute atomic E-state index is 12.6. The molecule has 0 amide bonds. The van der Waals surface area contributed by atoms with Gasteiger partial charge in [0.2, 0.25) is 0 Å². The molecule has 1 N–H and O–H groups in total. The standard InChI is InChI=1S/C16H13NO/c18-16-11-6-2-1-5-10(11)9-14-15(16)12-7-3-4-8-13(12)17-14/h1-4,6-9,13-14,17H,5H2. The minimum absolute atomic E-state index is 0.0866. The molecule has 4 rings (SSSR count). The Hall–Kier alpha value is -1.93. The van der Waals surface area contributed by atoms with Crippen molar-refractivity contribution in [3.63, 3.8) is 0 Å². The highest BCUT2D eigenvalue weighted by atomic mass is 16.1. The fourth-order valence-electron chi connectivity index (χ4n) is 3.11. The van der Waals surface area contributed by atoms with Gasteiger partial charge in [-0.25, -0.2) is 0 Å². The Morgan fingerprint density at radius 1 is 1.17 bits per heavy atom. The summed E-state index contributed by atoms with van der Waals surface area (Å²) in [6, 6.07) is 0.285. The predicted octanol–water partition coefficient (Wildman–Crippen LogP) is 2.14. The zero-order valence-electron chi connectivity index (χ0n) is 9.89. The Bertz CT molecular complexity index is 625. The summed E-state index contributed by atoms with van der Waals surface area (Å²) in [6.45, 7) is 0. The van der Waals surface area contributed by atoms with Crippen molar-refractivity contribution in [1.82, 2.24) is 5.32 Å². The van der Waals surface area contributed by atoms with E-state index < -0.39 is 0 Å². The van der Waals surface area contributed by atoms with E-state index in [2.05, 4.69) is 29.6 Å². The van der Waals surface area contributed by atoms with Gasteiger partial charge in [-0.1, -0.05) is 48.6 Å². The lowest BCUT2D eigenvalue weighted by Gasteiger charge is -2.23. The molecule has 1 aliphatic heterocycles. The van der Waals surface area contributed by atoms with Crippen LogP contribution in [0.2, 0.25) is 0 Å². The van der Waals surface area contributed by atoms with Crippen LogP contribution in [0.3, 0.4) is 0 Å². The van der Waals surface area contributed by atoms with Crippen LogP contribution in [-0.4, -0.2) is 17.9 Å². The van der Waals surface area contributed by atoms with Crippen LogP contribution in [0.5, 0.6) is 0 Å². The van der Waals surface area contributed by atoms with Crippen LogP contribution < -0.4 is 5.32 Å². The van der Waals surface area contributed by atoms with Gasteiger partial charge in [0.25, 0.3) is 0 Å². The van der Waals surface area contributed by atoms with Gasteiger partial charge < -0.3 is 0 Å². The van der Waals surface area contributed by atoms with E-state index in [0.29, 0.717) is 0 Å². The molecule has 0 bridgehead atoms. The monoisotopic (exact) mass is 235 g/mol. The Labute approximate surface area is 106 Å². The van der Waals surface area contributed by atoms with Gasteiger partial charge >= 0.3 is 0 Å². The summed E-state index contributed by atoms with van der Waals surface area (Å²) in [5, 5.41) is 3.50. The lowest BCUT2D eigenvalue weighted by atomic mass is 9.81. The molecule has 2 unspecified atom stereocenters. The molecular weight excluding hydrogens is 222 g/mol. The summed E-state index contributed by atoms with van der Waals surface area (Å²) >= 11 is 0.